The molecule has 0 saturated carbocycles. The number of hydrogen-bond acceptors (Lipinski definition) is 5. The van der Waals surface area contributed by atoms with Crippen LogP contribution in [0.5, 0.6) is 0 Å². The summed E-state index contributed by atoms with van der Waals surface area (Å²) in [5.41, 5.74) is 0.351. The van der Waals surface area contributed by atoms with Gasteiger partial charge in [0.1, 0.15) is 5.60 Å². The van der Waals surface area contributed by atoms with Crippen molar-refractivity contribution in [1.29, 1.82) is 0 Å². The van der Waals surface area contributed by atoms with Crippen LogP contribution in [-0.2, 0) is 16.1 Å². The number of imide groups is 1. The van der Waals surface area contributed by atoms with Crippen LogP contribution in [0.25, 0.3) is 0 Å². The van der Waals surface area contributed by atoms with Gasteiger partial charge in [0.15, 0.2) is 0 Å². The summed E-state index contributed by atoms with van der Waals surface area (Å²) >= 11 is 0. The maximum atomic E-state index is 13.0. The third-order valence-electron chi connectivity index (χ3n) is 4.40. The van der Waals surface area contributed by atoms with Crippen LogP contribution in [0.3, 0.4) is 0 Å². The van der Waals surface area contributed by atoms with Crippen molar-refractivity contribution in [3.8, 4) is 0 Å². The average molecular weight is 376 g/mol. The Balaban J connectivity index is 2.25. The topological polar surface area (TPSA) is 70.1 Å². The zero-order valence-corrected chi connectivity index (χ0v) is 17.0. The minimum Gasteiger partial charge on any atom is -0.443 e. The first kappa shape index (κ1) is 21.4. The van der Waals surface area contributed by atoms with Gasteiger partial charge in [-0.2, -0.15) is 0 Å². The monoisotopic (exact) mass is 376 g/mol. The van der Waals surface area contributed by atoms with Crippen LogP contribution in [0.2, 0.25) is 0 Å². The molecule has 150 valence electrons. The predicted molar refractivity (Wildman–Crippen MR) is 104 cm³/mol. The molecule has 1 aliphatic heterocycles. The summed E-state index contributed by atoms with van der Waals surface area (Å²) in [4.78, 5) is 28.7. The Morgan fingerprint density at radius 2 is 1.89 bits per heavy atom. The molecule has 6 heteroatoms. The van der Waals surface area contributed by atoms with Crippen molar-refractivity contribution in [2.24, 2.45) is 5.92 Å². The highest BCUT2D eigenvalue weighted by atomic mass is 16.6. The molecule has 0 aromatic heterocycles. The standard InChI is InChI=1S/C21H32N2O4/c1-15(2)11-17-18(24)13-22(12-16-9-7-6-8-10-16)14-19(25)23(17)20(26)27-21(3,4)5/h6-10,15,17-18,24H,11-14H2,1-5H3/t17-,18-/m0/s1. The van der Waals surface area contributed by atoms with Crippen molar-refractivity contribution in [3.05, 3.63) is 35.9 Å². The molecule has 6 nitrogen and oxygen atoms in total. The Bertz CT molecular complexity index is 639. The maximum absolute atomic E-state index is 13.0. The van der Waals surface area contributed by atoms with E-state index in [1.807, 2.05) is 49.1 Å². The van der Waals surface area contributed by atoms with Gasteiger partial charge < -0.3 is 9.84 Å². The molecule has 2 amide bonds. The van der Waals surface area contributed by atoms with E-state index in [0.717, 1.165) is 10.5 Å². The van der Waals surface area contributed by atoms with Crippen molar-refractivity contribution in [1.82, 2.24) is 9.80 Å². The van der Waals surface area contributed by atoms with Gasteiger partial charge in [-0.1, -0.05) is 44.2 Å². The smallest absolute Gasteiger partial charge is 0.417 e. The number of nitrogens with zero attached hydrogens (tertiary/aromatic N) is 2. The molecule has 1 fully saturated rings. The maximum Gasteiger partial charge on any atom is 0.417 e. The Labute approximate surface area is 162 Å². The van der Waals surface area contributed by atoms with Crippen LogP contribution >= 0.6 is 0 Å². The number of ether oxygens (including phenoxy) is 1. The quantitative estimate of drug-likeness (QED) is 0.875. The lowest BCUT2D eigenvalue weighted by Gasteiger charge is -2.33. The van der Waals surface area contributed by atoms with Crippen molar-refractivity contribution in [2.45, 2.75) is 65.3 Å². The fourth-order valence-corrected chi connectivity index (χ4v) is 3.33. The van der Waals surface area contributed by atoms with E-state index in [0.29, 0.717) is 19.5 Å². The van der Waals surface area contributed by atoms with Crippen LogP contribution in [0.1, 0.15) is 46.6 Å². The minimum atomic E-state index is -0.824. The number of β-amino-alcohol motifs (C(OH)–C–C–N with tert-alkyl or cyclic N) is 1. The number of carbonyl (C=O) groups excluding carboxylic acids is 2. The molecule has 0 aliphatic carbocycles. The molecule has 2 atom stereocenters. The Kier molecular flexibility index (Phi) is 7.00. The third kappa shape index (κ3) is 6.33. The number of rotatable bonds is 4. The fraction of sp³-hybridized carbons (Fsp3) is 0.619. The lowest BCUT2D eigenvalue weighted by atomic mass is 9.98. The fourth-order valence-electron chi connectivity index (χ4n) is 3.33. The number of carbonyl (C=O) groups is 2. The second kappa shape index (κ2) is 8.85. The first-order valence-corrected chi connectivity index (χ1v) is 9.56. The highest BCUT2D eigenvalue weighted by Crippen LogP contribution is 2.23. The molecule has 27 heavy (non-hydrogen) atoms. The zero-order valence-electron chi connectivity index (χ0n) is 17.0. The largest absolute Gasteiger partial charge is 0.443 e. The molecular formula is C21H32N2O4. The van der Waals surface area contributed by atoms with Crippen molar-refractivity contribution in [2.75, 3.05) is 13.1 Å². The average Bonchev–Trinajstić information content (AvgIpc) is 2.63. The Hall–Kier alpha value is -1.92. The summed E-state index contributed by atoms with van der Waals surface area (Å²) in [6.07, 6.45) is -0.973. The molecule has 1 heterocycles. The summed E-state index contributed by atoms with van der Waals surface area (Å²) in [6, 6.07) is 9.21. The number of benzene rings is 1. The minimum absolute atomic E-state index is 0.0692. The predicted octanol–water partition coefficient (Wildman–Crippen LogP) is 3.04. The second-order valence-electron chi connectivity index (χ2n) is 8.66. The van der Waals surface area contributed by atoms with Gasteiger partial charge >= 0.3 is 6.09 Å². The van der Waals surface area contributed by atoms with Gasteiger partial charge in [0.25, 0.3) is 0 Å². The summed E-state index contributed by atoms with van der Waals surface area (Å²) in [5, 5.41) is 10.8. The molecule has 1 N–H and O–H groups in total. The molecule has 1 aromatic carbocycles. The van der Waals surface area contributed by atoms with E-state index in [1.54, 1.807) is 20.8 Å². The zero-order chi connectivity index (χ0) is 20.2. The highest BCUT2D eigenvalue weighted by molar-refractivity contribution is 5.94. The summed E-state index contributed by atoms with van der Waals surface area (Å²) in [6.45, 7) is 10.3. The lowest BCUT2D eigenvalue weighted by molar-refractivity contribution is -0.133. The number of aliphatic hydroxyl groups is 1. The van der Waals surface area contributed by atoms with Crippen molar-refractivity contribution >= 4 is 12.0 Å². The van der Waals surface area contributed by atoms with Gasteiger partial charge in [0, 0.05) is 13.1 Å². The van der Waals surface area contributed by atoms with Crippen molar-refractivity contribution in [3.63, 3.8) is 0 Å². The molecule has 1 saturated heterocycles. The van der Waals surface area contributed by atoms with E-state index < -0.39 is 23.8 Å². The highest BCUT2D eigenvalue weighted by Gasteiger charge is 2.41. The molecule has 0 unspecified atom stereocenters. The normalized spacial score (nSPS) is 22.0. The molecule has 0 bridgehead atoms. The van der Waals surface area contributed by atoms with E-state index in [2.05, 4.69) is 0 Å². The first-order valence-electron chi connectivity index (χ1n) is 9.56. The number of amides is 2. The molecule has 1 aromatic rings. The Morgan fingerprint density at radius 1 is 1.26 bits per heavy atom. The third-order valence-corrected chi connectivity index (χ3v) is 4.40. The number of aliphatic hydroxyl groups excluding tert-OH is 1. The van der Waals surface area contributed by atoms with Gasteiger partial charge in [-0.05, 0) is 38.7 Å². The number of hydrogen-bond donors (Lipinski definition) is 1. The molecule has 0 spiro atoms. The molecular weight excluding hydrogens is 344 g/mol. The van der Waals surface area contributed by atoms with E-state index in [9.17, 15) is 14.7 Å². The van der Waals surface area contributed by atoms with Crippen LogP contribution < -0.4 is 0 Å². The molecule has 1 aliphatic rings. The van der Waals surface area contributed by atoms with E-state index in [1.165, 1.54) is 0 Å². The first-order chi connectivity index (χ1) is 12.6. The Morgan fingerprint density at radius 3 is 2.44 bits per heavy atom. The van der Waals surface area contributed by atoms with Gasteiger partial charge in [-0.15, -0.1) is 0 Å². The van der Waals surface area contributed by atoms with E-state index >= 15 is 0 Å². The van der Waals surface area contributed by atoms with Crippen LogP contribution in [0.4, 0.5) is 4.79 Å². The van der Waals surface area contributed by atoms with E-state index in [-0.39, 0.29) is 18.4 Å². The summed E-state index contributed by atoms with van der Waals surface area (Å²) in [7, 11) is 0. The van der Waals surface area contributed by atoms with Crippen LogP contribution in [0, 0.1) is 5.92 Å². The molecule has 2 rings (SSSR count). The second-order valence-corrected chi connectivity index (χ2v) is 8.66. The van der Waals surface area contributed by atoms with Gasteiger partial charge in [0.05, 0.1) is 18.7 Å². The summed E-state index contributed by atoms with van der Waals surface area (Å²) < 4.78 is 5.45. The van der Waals surface area contributed by atoms with Crippen molar-refractivity contribution < 1.29 is 19.4 Å². The van der Waals surface area contributed by atoms with Crippen LogP contribution in [-0.4, -0.2) is 57.7 Å². The van der Waals surface area contributed by atoms with Gasteiger partial charge in [0.2, 0.25) is 5.91 Å². The van der Waals surface area contributed by atoms with Gasteiger partial charge in [-0.3, -0.25) is 9.69 Å². The molecule has 0 radical (unpaired) electrons. The lowest BCUT2D eigenvalue weighted by Crippen LogP contribution is -2.52. The van der Waals surface area contributed by atoms with E-state index in [4.69, 9.17) is 4.74 Å². The SMILES string of the molecule is CC(C)C[C@H]1[C@@H](O)CN(Cc2ccccc2)CC(=O)N1C(=O)OC(C)(C)C. The van der Waals surface area contributed by atoms with Gasteiger partial charge in [-0.25, -0.2) is 9.69 Å². The summed E-state index contributed by atoms with van der Waals surface area (Å²) in [5.74, 6) is -0.106. The van der Waals surface area contributed by atoms with Crippen LogP contribution in [0.15, 0.2) is 30.3 Å².